The lowest BCUT2D eigenvalue weighted by atomic mass is 9.78. The number of allylic oxidation sites excluding steroid dienone is 6. The average molecular weight is 133 g/mol. The fourth-order valence-corrected chi connectivity index (χ4v) is 0.577. The van der Waals surface area contributed by atoms with Crippen LogP contribution in [0.25, 0.3) is 0 Å². The number of hydrogen-bond donors (Lipinski definition) is 0. The Morgan fingerprint density at radius 2 is 1.00 bits per heavy atom. The van der Waals surface area contributed by atoms with E-state index >= 15 is 0 Å². The molecule has 10 heavy (non-hydrogen) atoms. The third kappa shape index (κ3) is 3.92. The molecule has 1 rings (SSSR count). The van der Waals surface area contributed by atoms with Gasteiger partial charge in [0.2, 0.25) is 0 Å². The maximum atomic E-state index is 2.00. The molecule has 0 aromatic heterocycles. The van der Waals surface area contributed by atoms with Crippen LogP contribution >= 0.6 is 0 Å². The second kappa shape index (κ2) is 6.11. The SMILES string of the molecule is O.[B]1C=CC=CC=CC=C1. The van der Waals surface area contributed by atoms with E-state index in [1.807, 2.05) is 55.7 Å². The van der Waals surface area contributed by atoms with Crippen LogP contribution in [0.1, 0.15) is 0 Å². The normalized spacial score (nSPS) is 14.4. The minimum atomic E-state index is 0. The van der Waals surface area contributed by atoms with Gasteiger partial charge in [-0.05, 0) is 0 Å². The summed E-state index contributed by atoms with van der Waals surface area (Å²) in [7, 11) is 2.00. The summed E-state index contributed by atoms with van der Waals surface area (Å²) >= 11 is 0. The summed E-state index contributed by atoms with van der Waals surface area (Å²) in [4.78, 5) is 0. The van der Waals surface area contributed by atoms with Crippen molar-refractivity contribution in [1.82, 2.24) is 0 Å². The van der Waals surface area contributed by atoms with Gasteiger partial charge in [-0.1, -0.05) is 36.5 Å². The van der Waals surface area contributed by atoms with Crippen molar-refractivity contribution >= 4 is 7.28 Å². The second-order valence-electron chi connectivity index (χ2n) is 1.73. The fraction of sp³-hybridized carbons (Fsp3) is 0. The van der Waals surface area contributed by atoms with E-state index in [0.717, 1.165) is 0 Å². The van der Waals surface area contributed by atoms with Crippen LogP contribution in [0.4, 0.5) is 0 Å². The van der Waals surface area contributed by atoms with Crippen molar-refractivity contribution in [1.29, 1.82) is 0 Å². The molecular formula is C8H10BO. The van der Waals surface area contributed by atoms with Crippen LogP contribution in [0.3, 0.4) is 0 Å². The first-order valence-electron chi connectivity index (χ1n) is 3.00. The zero-order valence-electron chi connectivity index (χ0n) is 5.70. The molecule has 0 spiro atoms. The Morgan fingerprint density at radius 1 is 0.600 bits per heavy atom. The molecule has 0 atom stereocenters. The topological polar surface area (TPSA) is 31.5 Å². The molecule has 0 bridgehead atoms. The number of hydrogen-bond acceptors (Lipinski definition) is 0. The molecular weight excluding hydrogens is 123 g/mol. The Kier molecular flexibility index (Phi) is 5.49. The van der Waals surface area contributed by atoms with Crippen molar-refractivity contribution in [2.45, 2.75) is 0 Å². The summed E-state index contributed by atoms with van der Waals surface area (Å²) in [5.74, 6) is 4.00. The van der Waals surface area contributed by atoms with Gasteiger partial charge in [0.25, 0.3) is 0 Å². The molecule has 0 amide bonds. The highest BCUT2D eigenvalue weighted by molar-refractivity contribution is 6.48. The zero-order chi connectivity index (χ0) is 6.36. The van der Waals surface area contributed by atoms with Crippen LogP contribution < -0.4 is 0 Å². The largest absolute Gasteiger partial charge is 0.412 e. The molecule has 2 heteroatoms. The van der Waals surface area contributed by atoms with Crippen LogP contribution in [0, 0.1) is 0 Å². The summed E-state index contributed by atoms with van der Waals surface area (Å²) in [6, 6.07) is 0. The Hall–Kier alpha value is -1.02. The van der Waals surface area contributed by atoms with Crippen LogP contribution in [0.5, 0.6) is 0 Å². The molecule has 2 N–H and O–H groups in total. The predicted octanol–water partition coefficient (Wildman–Crippen LogP) is 1.02. The highest BCUT2D eigenvalue weighted by Gasteiger charge is 1.72. The summed E-state index contributed by atoms with van der Waals surface area (Å²) in [6.45, 7) is 0. The van der Waals surface area contributed by atoms with Crippen LogP contribution in [-0.4, -0.2) is 12.8 Å². The van der Waals surface area contributed by atoms with E-state index in [4.69, 9.17) is 0 Å². The molecule has 0 aromatic carbocycles. The quantitative estimate of drug-likeness (QED) is 0.442. The van der Waals surface area contributed by atoms with Gasteiger partial charge in [0, 0.05) is 0 Å². The van der Waals surface area contributed by atoms with Gasteiger partial charge in [-0.25, -0.2) is 0 Å². The standard InChI is InChI=1S/C8H8B.H2O/c1-2-4-6-8-9-7-5-3-1;/h1-8H;1H2. The molecule has 1 aliphatic heterocycles. The van der Waals surface area contributed by atoms with E-state index in [-0.39, 0.29) is 5.48 Å². The molecule has 0 aliphatic carbocycles. The maximum absolute atomic E-state index is 2.00. The monoisotopic (exact) mass is 133 g/mol. The third-order valence-electron chi connectivity index (χ3n) is 1.00. The molecule has 0 aromatic rings. The first kappa shape index (κ1) is 8.98. The molecule has 0 saturated heterocycles. The lowest BCUT2D eigenvalue weighted by molar-refractivity contribution is 0.824. The van der Waals surface area contributed by atoms with Gasteiger partial charge in [0.1, 0.15) is 0 Å². The van der Waals surface area contributed by atoms with Crippen molar-refractivity contribution in [3.05, 3.63) is 48.4 Å². The molecule has 0 fully saturated rings. The van der Waals surface area contributed by atoms with Gasteiger partial charge >= 0.3 is 0 Å². The van der Waals surface area contributed by atoms with Crippen molar-refractivity contribution in [2.75, 3.05) is 0 Å². The summed E-state index contributed by atoms with van der Waals surface area (Å²) in [5, 5.41) is 0. The average Bonchev–Trinajstić information content (AvgIpc) is 2.00. The van der Waals surface area contributed by atoms with Gasteiger partial charge < -0.3 is 5.48 Å². The van der Waals surface area contributed by atoms with Gasteiger partial charge in [-0.15, -0.1) is 12.0 Å². The Bertz CT molecular complexity index is 158. The van der Waals surface area contributed by atoms with Gasteiger partial charge in [0.15, 0.2) is 7.28 Å². The highest BCUT2D eigenvalue weighted by Crippen LogP contribution is 1.85. The van der Waals surface area contributed by atoms with E-state index in [0.29, 0.717) is 0 Å². The zero-order valence-corrected chi connectivity index (χ0v) is 5.70. The predicted molar refractivity (Wildman–Crippen MR) is 45.9 cm³/mol. The lowest BCUT2D eigenvalue weighted by Gasteiger charge is -1.71. The lowest BCUT2D eigenvalue weighted by Crippen LogP contribution is -1.72. The van der Waals surface area contributed by atoms with E-state index < -0.39 is 0 Å². The maximum Gasteiger partial charge on any atom is 0.171 e. The van der Waals surface area contributed by atoms with Crippen molar-refractivity contribution in [2.24, 2.45) is 0 Å². The van der Waals surface area contributed by atoms with Crippen LogP contribution in [0.2, 0.25) is 0 Å². The van der Waals surface area contributed by atoms with Crippen molar-refractivity contribution in [3.8, 4) is 0 Å². The summed E-state index contributed by atoms with van der Waals surface area (Å²) < 4.78 is 0. The minimum Gasteiger partial charge on any atom is -0.412 e. The molecule has 0 saturated carbocycles. The smallest absolute Gasteiger partial charge is 0.171 e. The first-order valence-corrected chi connectivity index (χ1v) is 3.00. The number of rotatable bonds is 0. The third-order valence-corrected chi connectivity index (χ3v) is 1.00. The van der Waals surface area contributed by atoms with Crippen molar-refractivity contribution in [3.63, 3.8) is 0 Å². The Morgan fingerprint density at radius 3 is 1.50 bits per heavy atom. The van der Waals surface area contributed by atoms with Crippen LogP contribution in [-0.2, 0) is 0 Å². The Balaban J connectivity index is 0.000000810. The first-order chi connectivity index (χ1) is 4.50. The minimum absolute atomic E-state index is 0. The van der Waals surface area contributed by atoms with Gasteiger partial charge in [-0.2, -0.15) is 0 Å². The molecule has 1 radical (unpaired) electrons. The van der Waals surface area contributed by atoms with E-state index in [1.54, 1.807) is 0 Å². The van der Waals surface area contributed by atoms with E-state index in [2.05, 4.69) is 0 Å². The van der Waals surface area contributed by atoms with E-state index in [9.17, 15) is 0 Å². The highest BCUT2D eigenvalue weighted by atomic mass is 16.0. The van der Waals surface area contributed by atoms with E-state index in [1.165, 1.54) is 0 Å². The molecule has 1 aliphatic rings. The summed E-state index contributed by atoms with van der Waals surface area (Å²) in [6.07, 6.45) is 12.0. The molecule has 51 valence electrons. The molecule has 0 unspecified atom stereocenters. The van der Waals surface area contributed by atoms with Crippen LogP contribution in [0.15, 0.2) is 48.4 Å². The fourth-order valence-electron chi connectivity index (χ4n) is 0.577. The van der Waals surface area contributed by atoms with Gasteiger partial charge in [-0.3, -0.25) is 0 Å². The second-order valence-corrected chi connectivity index (χ2v) is 1.73. The van der Waals surface area contributed by atoms with Crippen molar-refractivity contribution < 1.29 is 5.48 Å². The molecule has 1 nitrogen and oxygen atoms in total. The Labute approximate surface area is 62.0 Å². The molecule has 1 heterocycles. The van der Waals surface area contributed by atoms with Gasteiger partial charge in [0.05, 0.1) is 0 Å². The summed E-state index contributed by atoms with van der Waals surface area (Å²) in [5.41, 5.74) is 0.